The fraction of sp³-hybridized carbons (Fsp3) is 0.316. The van der Waals surface area contributed by atoms with Crippen molar-refractivity contribution in [3.05, 3.63) is 64.1 Å². The average Bonchev–Trinajstić information content (AvgIpc) is 2.56. The molecular weight excluding hydrogens is 352 g/mol. The summed E-state index contributed by atoms with van der Waals surface area (Å²) in [4.78, 5) is 13.6. The van der Waals surface area contributed by atoms with Crippen LogP contribution < -0.4 is 10.2 Å². The lowest BCUT2D eigenvalue weighted by Crippen LogP contribution is -3.10. The fourth-order valence-corrected chi connectivity index (χ4v) is 3.78. The van der Waals surface area contributed by atoms with Crippen molar-refractivity contribution in [2.75, 3.05) is 18.9 Å². The molecule has 3 nitrogen and oxygen atoms in total. The Bertz CT molecular complexity index is 701. The predicted octanol–water partition coefficient (Wildman–Crippen LogP) is 2.98. The van der Waals surface area contributed by atoms with Crippen LogP contribution in [-0.2, 0) is 11.2 Å². The molecule has 0 aromatic heterocycles. The van der Waals surface area contributed by atoms with Gasteiger partial charge >= 0.3 is 0 Å². The summed E-state index contributed by atoms with van der Waals surface area (Å²) >= 11 is 3.47. The van der Waals surface area contributed by atoms with Crippen LogP contribution in [0.3, 0.4) is 0 Å². The van der Waals surface area contributed by atoms with Gasteiger partial charge in [-0.25, -0.2) is 0 Å². The van der Waals surface area contributed by atoms with Crippen LogP contribution in [0, 0.1) is 0 Å². The number of halogens is 1. The third kappa shape index (κ3) is 3.82. The van der Waals surface area contributed by atoms with Crippen LogP contribution in [0.2, 0.25) is 0 Å². The van der Waals surface area contributed by atoms with Crippen LogP contribution in [0.1, 0.15) is 30.0 Å². The number of fused-ring (bicyclic) bond motifs is 1. The first-order valence-electron chi connectivity index (χ1n) is 8.09. The fourth-order valence-electron chi connectivity index (χ4n) is 3.40. The molecule has 2 atom stereocenters. The van der Waals surface area contributed by atoms with E-state index < -0.39 is 0 Å². The molecular formula is C19H22BrN2O+. The zero-order valence-corrected chi connectivity index (χ0v) is 14.9. The molecule has 23 heavy (non-hydrogen) atoms. The molecule has 1 amide bonds. The summed E-state index contributed by atoms with van der Waals surface area (Å²) in [6, 6.07) is 16.8. The summed E-state index contributed by atoms with van der Waals surface area (Å²) < 4.78 is 0.911. The highest BCUT2D eigenvalue weighted by Gasteiger charge is 2.27. The number of rotatable bonds is 4. The van der Waals surface area contributed by atoms with Crippen molar-refractivity contribution in [2.45, 2.75) is 25.3 Å². The maximum Gasteiger partial charge on any atom is 0.279 e. The number of likely N-dealkylation sites (N-methyl/N-ethyl adjacent to an activating group) is 1. The minimum atomic E-state index is 0.0532. The molecule has 0 saturated heterocycles. The maximum absolute atomic E-state index is 12.4. The summed E-state index contributed by atoms with van der Waals surface area (Å²) in [5.41, 5.74) is 3.67. The van der Waals surface area contributed by atoms with Gasteiger partial charge in [0.1, 0.15) is 6.04 Å². The molecule has 0 aliphatic heterocycles. The molecule has 1 aliphatic rings. The molecule has 0 saturated carbocycles. The number of benzene rings is 2. The van der Waals surface area contributed by atoms with Crippen molar-refractivity contribution in [3.63, 3.8) is 0 Å². The monoisotopic (exact) mass is 373 g/mol. The van der Waals surface area contributed by atoms with Gasteiger partial charge in [-0.2, -0.15) is 0 Å². The number of anilines is 1. The van der Waals surface area contributed by atoms with Gasteiger partial charge in [0.2, 0.25) is 0 Å². The number of carbonyl (C=O) groups excluding carboxylic acids is 1. The highest BCUT2D eigenvalue weighted by atomic mass is 79.9. The van der Waals surface area contributed by atoms with E-state index in [2.05, 4.69) is 52.6 Å². The molecule has 1 unspecified atom stereocenters. The number of hydrogen-bond acceptors (Lipinski definition) is 1. The van der Waals surface area contributed by atoms with Crippen LogP contribution in [-0.4, -0.2) is 19.5 Å². The highest BCUT2D eigenvalue weighted by Crippen LogP contribution is 2.27. The Kier molecular flexibility index (Phi) is 5.13. The smallest absolute Gasteiger partial charge is 0.279 e. The van der Waals surface area contributed by atoms with E-state index in [-0.39, 0.29) is 5.91 Å². The second-order valence-electron chi connectivity index (χ2n) is 6.19. The van der Waals surface area contributed by atoms with E-state index in [1.165, 1.54) is 22.4 Å². The number of amides is 1. The molecule has 0 bridgehead atoms. The molecule has 120 valence electrons. The van der Waals surface area contributed by atoms with Crippen molar-refractivity contribution in [2.24, 2.45) is 0 Å². The third-order valence-electron chi connectivity index (χ3n) is 4.55. The van der Waals surface area contributed by atoms with Crippen molar-refractivity contribution in [3.8, 4) is 0 Å². The third-order valence-corrected chi connectivity index (χ3v) is 5.24. The van der Waals surface area contributed by atoms with E-state index >= 15 is 0 Å². The topological polar surface area (TPSA) is 33.5 Å². The Morgan fingerprint density at radius 2 is 1.96 bits per heavy atom. The van der Waals surface area contributed by atoms with Crippen LogP contribution in [0.15, 0.2) is 53.0 Å². The van der Waals surface area contributed by atoms with E-state index in [0.717, 1.165) is 23.0 Å². The number of para-hydroxylation sites is 1. The molecule has 0 spiro atoms. The Hall–Kier alpha value is -1.65. The minimum absolute atomic E-state index is 0.0532. The van der Waals surface area contributed by atoms with Crippen LogP contribution in [0.4, 0.5) is 5.69 Å². The molecule has 0 heterocycles. The van der Waals surface area contributed by atoms with E-state index in [0.29, 0.717) is 12.6 Å². The van der Waals surface area contributed by atoms with E-state index in [1.54, 1.807) is 0 Å². The second kappa shape index (κ2) is 7.28. The Labute approximate surface area is 145 Å². The van der Waals surface area contributed by atoms with Gasteiger partial charge in [0.15, 0.2) is 6.54 Å². The Morgan fingerprint density at radius 3 is 2.78 bits per heavy atom. The van der Waals surface area contributed by atoms with Crippen molar-refractivity contribution < 1.29 is 9.69 Å². The van der Waals surface area contributed by atoms with Gasteiger partial charge in [-0.15, -0.1) is 0 Å². The molecule has 3 rings (SSSR count). The standard InChI is InChI=1S/C19H21BrN2O/c1-22(13-19(23)21-17-11-5-4-10-16(17)20)18-12-6-8-14-7-2-3-9-15(14)18/h2-5,7,9-11,18H,6,8,12-13H2,1H3,(H,21,23)/p+1/t18-/m0/s1. The normalized spacial score (nSPS) is 18.1. The Morgan fingerprint density at radius 1 is 1.22 bits per heavy atom. The SMILES string of the molecule is C[NH+](CC(=O)Nc1ccccc1Br)[C@H]1CCCc2ccccc21. The molecule has 2 aromatic carbocycles. The maximum atomic E-state index is 12.4. The summed E-state index contributed by atoms with van der Waals surface area (Å²) in [6.45, 7) is 0.473. The largest absolute Gasteiger partial charge is 0.323 e. The molecule has 2 N–H and O–H groups in total. The minimum Gasteiger partial charge on any atom is -0.323 e. The summed E-state index contributed by atoms with van der Waals surface area (Å²) in [5, 5.41) is 3.00. The number of carbonyl (C=O) groups is 1. The number of hydrogen-bond donors (Lipinski definition) is 2. The first-order chi connectivity index (χ1) is 11.1. The molecule has 0 fully saturated rings. The lowest BCUT2D eigenvalue weighted by molar-refractivity contribution is -0.905. The van der Waals surface area contributed by atoms with E-state index in [9.17, 15) is 4.79 Å². The number of aryl methyl sites for hydroxylation is 1. The highest BCUT2D eigenvalue weighted by molar-refractivity contribution is 9.10. The van der Waals surface area contributed by atoms with E-state index in [1.807, 2.05) is 24.3 Å². The zero-order valence-electron chi connectivity index (χ0n) is 13.3. The van der Waals surface area contributed by atoms with Crippen LogP contribution in [0.25, 0.3) is 0 Å². The van der Waals surface area contributed by atoms with Crippen molar-refractivity contribution in [1.82, 2.24) is 0 Å². The van der Waals surface area contributed by atoms with Gasteiger partial charge in [0.25, 0.3) is 5.91 Å². The van der Waals surface area contributed by atoms with Gasteiger partial charge < -0.3 is 10.2 Å². The van der Waals surface area contributed by atoms with Gasteiger partial charge in [0, 0.05) is 16.5 Å². The first kappa shape index (κ1) is 16.2. The molecule has 1 aliphatic carbocycles. The van der Waals surface area contributed by atoms with Gasteiger partial charge in [-0.3, -0.25) is 4.79 Å². The number of nitrogens with one attached hydrogen (secondary N) is 2. The predicted molar refractivity (Wildman–Crippen MR) is 96.6 cm³/mol. The second-order valence-corrected chi connectivity index (χ2v) is 7.05. The number of quaternary nitrogens is 1. The lowest BCUT2D eigenvalue weighted by atomic mass is 9.87. The van der Waals surface area contributed by atoms with Crippen molar-refractivity contribution >= 4 is 27.5 Å². The van der Waals surface area contributed by atoms with Gasteiger partial charge in [0.05, 0.1) is 12.7 Å². The summed E-state index contributed by atoms with van der Waals surface area (Å²) in [6.07, 6.45) is 3.50. The summed E-state index contributed by atoms with van der Waals surface area (Å²) in [5.74, 6) is 0.0532. The van der Waals surface area contributed by atoms with Crippen LogP contribution >= 0.6 is 15.9 Å². The molecule has 4 heteroatoms. The molecule has 0 radical (unpaired) electrons. The lowest BCUT2D eigenvalue weighted by Gasteiger charge is -2.30. The quantitative estimate of drug-likeness (QED) is 0.848. The average molecular weight is 374 g/mol. The molecule has 2 aromatic rings. The van der Waals surface area contributed by atoms with Crippen molar-refractivity contribution in [1.29, 1.82) is 0 Å². The summed E-state index contributed by atoms with van der Waals surface area (Å²) in [7, 11) is 2.12. The zero-order chi connectivity index (χ0) is 16.2. The van der Waals surface area contributed by atoms with E-state index in [4.69, 9.17) is 0 Å². The first-order valence-corrected chi connectivity index (χ1v) is 8.89. The Balaban J connectivity index is 1.67. The van der Waals surface area contributed by atoms with Gasteiger partial charge in [-0.05, 0) is 46.5 Å². The van der Waals surface area contributed by atoms with Crippen LogP contribution in [0.5, 0.6) is 0 Å². The van der Waals surface area contributed by atoms with Gasteiger partial charge in [-0.1, -0.05) is 36.4 Å².